The number of unbranched alkanes of at least 4 members (excludes halogenated alkanes) is 3. The Hall–Kier alpha value is -1.13. The highest BCUT2D eigenvalue weighted by Gasteiger charge is 1.99. The molecule has 3 N–H and O–H groups in total. The molecule has 1 rings (SSSR count). The van der Waals surface area contributed by atoms with Crippen molar-refractivity contribution in [1.82, 2.24) is 5.32 Å². The van der Waals surface area contributed by atoms with Crippen LogP contribution in [0.3, 0.4) is 0 Å². The predicted molar refractivity (Wildman–Crippen MR) is 65.3 cm³/mol. The molecule has 0 unspecified atom stereocenters. The van der Waals surface area contributed by atoms with Gasteiger partial charge in [0.1, 0.15) is 11.6 Å². The van der Waals surface area contributed by atoms with Crippen LogP contribution in [0, 0.1) is 5.82 Å². The zero-order chi connectivity index (χ0) is 12.5. The van der Waals surface area contributed by atoms with E-state index in [1.165, 1.54) is 6.07 Å². The van der Waals surface area contributed by atoms with Crippen molar-refractivity contribution in [3.63, 3.8) is 0 Å². The first-order chi connectivity index (χ1) is 8.22. The molecule has 0 atom stereocenters. The number of halogens is 1. The molecule has 1 aromatic rings. The standard InChI is InChI=1S/C13H20FNO2/c14-12-7-11(8-13(17)9-12)10-15-5-3-1-2-4-6-16/h7-9,15-17H,1-6,10H2. The molecule has 0 amide bonds. The number of aliphatic hydroxyl groups is 1. The number of nitrogens with one attached hydrogen (secondary N) is 1. The summed E-state index contributed by atoms with van der Waals surface area (Å²) in [7, 11) is 0. The summed E-state index contributed by atoms with van der Waals surface area (Å²) >= 11 is 0. The maximum atomic E-state index is 12.9. The average molecular weight is 241 g/mol. The molecule has 0 aliphatic heterocycles. The average Bonchev–Trinajstić information content (AvgIpc) is 2.26. The molecule has 0 heterocycles. The van der Waals surface area contributed by atoms with Gasteiger partial charge in [0, 0.05) is 19.2 Å². The number of aliphatic hydroxyl groups excluding tert-OH is 1. The highest BCUT2D eigenvalue weighted by atomic mass is 19.1. The van der Waals surface area contributed by atoms with Crippen molar-refractivity contribution in [1.29, 1.82) is 0 Å². The SMILES string of the molecule is OCCCCCCNCc1cc(O)cc(F)c1. The van der Waals surface area contributed by atoms with Crippen molar-refractivity contribution in [3.05, 3.63) is 29.6 Å². The molecule has 96 valence electrons. The van der Waals surface area contributed by atoms with Crippen molar-refractivity contribution in [2.24, 2.45) is 0 Å². The van der Waals surface area contributed by atoms with Crippen LogP contribution in [0.4, 0.5) is 4.39 Å². The van der Waals surface area contributed by atoms with Gasteiger partial charge in [0.2, 0.25) is 0 Å². The number of phenolic OH excluding ortho intramolecular Hbond substituents is 1. The monoisotopic (exact) mass is 241 g/mol. The Kier molecular flexibility index (Phi) is 6.58. The highest BCUT2D eigenvalue weighted by molar-refractivity contribution is 5.28. The highest BCUT2D eigenvalue weighted by Crippen LogP contribution is 2.14. The number of hydrogen-bond donors (Lipinski definition) is 3. The lowest BCUT2D eigenvalue weighted by molar-refractivity contribution is 0.282. The van der Waals surface area contributed by atoms with E-state index in [9.17, 15) is 9.50 Å². The number of aromatic hydroxyl groups is 1. The molecule has 0 saturated heterocycles. The minimum absolute atomic E-state index is 0.0373. The summed E-state index contributed by atoms with van der Waals surface area (Å²) in [5.74, 6) is -0.450. The molecular weight excluding hydrogens is 221 g/mol. The van der Waals surface area contributed by atoms with Crippen LogP contribution in [0.15, 0.2) is 18.2 Å². The molecule has 0 aromatic heterocycles. The fourth-order valence-corrected chi connectivity index (χ4v) is 1.68. The third-order valence-electron chi connectivity index (χ3n) is 2.53. The Morgan fingerprint density at radius 3 is 2.53 bits per heavy atom. The van der Waals surface area contributed by atoms with Gasteiger partial charge in [-0.15, -0.1) is 0 Å². The molecule has 0 aliphatic carbocycles. The summed E-state index contributed by atoms with van der Waals surface area (Å²) in [6.07, 6.45) is 4.03. The fraction of sp³-hybridized carbons (Fsp3) is 0.538. The summed E-state index contributed by atoms with van der Waals surface area (Å²) in [6.45, 7) is 1.68. The van der Waals surface area contributed by atoms with Gasteiger partial charge in [-0.2, -0.15) is 0 Å². The van der Waals surface area contributed by atoms with E-state index < -0.39 is 5.82 Å². The third-order valence-corrected chi connectivity index (χ3v) is 2.53. The zero-order valence-corrected chi connectivity index (χ0v) is 9.95. The lowest BCUT2D eigenvalue weighted by Crippen LogP contribution is -2.14. The van der Waals surface area contributed by atoms with Crippen LogP contribution in [0.5, 0.6) is 5.75 Å². The number of hydrogen-bond acceptors (Lipinski definition) is 3. The lowest BCUT2D eigenvalue weighted by Gasteiger charge is -2.05. The van der Waals surface area contributed by atoms with Crippen LogP contribution in [0.2, 0.25) is 0 Å². The van der Waals surface area contributed by atoms with Crippen molar-refractivity contribution in [3.8, 4) is 5.75 Å². The molecule has 0 spiro atoms. The lowest BCUT2D eigenvalue weighted by atomic mass is 10.2. The van der Waals surface area contributed by atoms with Crippen molar-refractivity contribution < 1.29 is 14.6 Å². The van der Waals surface area contributed by atoms with Gasteiger partial charge in [0.25, 0.3) is 0 Å². The van der Waals surface area contributed by atoms with Crippen LogP contribution in [-0.2, 0) is 6.54 Å². The van der Waals surface area contributed by atoms with Crippen molar-refractivity contribution in [2.45, 2.75) is 32.2 Å². The second-order valence-electron chi connectivity index (χ2n) is 4.13. The van der Waals surface area contributed by atoms with Crippen LogP contribution in [0.1, 0.15) is 31.2 Å². The molecule has 0 radical (unpaired) electrons. The van der Waals surface area contributed by atoms with Gasteiger partial charge in [0.05, 0.1) is 0 Å². The molecule has 3 nitrogen and oxygen atoms in total. The van der Waals surface area contributed by atoms with E-state index in [4.69, 9.17) is 5.11 Å². The number of rotatable bonds is 8. The van der Waals surface area contributed by atoms with Gasteiger partial charge in [-0.05, 0) is 37.1 Å². The fourth-order valence-electron chi connectivity index (χ4n) is 1.68. The maximum absolute atomic E-state index is 12.9. The maximum Gasteiger partial charge on any atom is 0.127 e. The van der Waals surface area contributed by atoms with Gasteiger partial charge in [-0.3, -0.25) is 0 Å². The summed E-state index contributed by atoms with van der Waals surface area (Å²) < 4.78 is 12.9. The third kappa shape index (κ3) is 6.24. The molecule has 17 heavy (non-hydrogen) atoms. The minimum Gasteiger partial charge on any atom is -0.508 e. The Morgan fingerprint density at radius 2 is 1.82 bits per heavy atom. The van der Waals surface area contributed by atoms with Gasteiger partial charge in [-0.1, -0.05) is 12.8 Å². The Bertz CT molecular complexity index is 311. The quantitative estimate of drug-likeness (QED) is 0.611. The first kappa shape index (κ1) is 13.9. The topological polar surface area (TPSA) is 52.5 Å². The summed E-state index contributed by atoms with van der Waals surface area (Å²) in [5.41, 5.74) is 0.748. The summed E-state index contributed by atoms with van der Waals surface area (Å²) in [5, 5.41) is 21.0. The van der Waals surface area contributed by atoms with Crippen LogP contribution < -0.4 is 5.32 Å². The Labute approximate surface area is 101 Å². The van der Waals surface area contributed by atoms with Crippen LogP contribution in [0.25, 0.3) is 0 Å². The van der Waals surface area contributed by atoms with Gasteiger partial charge < -0.3 is 15.5 Å². The minimum atomic E-state index is -0.412. The van der Waals surface area contributed by atoms with E-state index in [2.05, 4.69) is 5.32 Å². The van der Waals surface area contributed by atoms with E-state index in [0.29, 0.717) is 6.54 Å². The van der Waals surface area contributed by atoms with E-state index in [0.717, 1.165) is 43.9 Å². The van der Waals surface area contributed by atoms with E-state index >= 15 is 0 Å². The molecule has 4 heteroatoms. The second-order valence-corrected chi connectivity index (χ2v) is 4.13. The van der Waals surface area contributed by atoms with Gasteiger partial charge in [0.15, 0.2) is 0 Å². The predicted octanol–water partition coefficient (Wildman–Crippen LogP) is 2.17. The normalized spacial score (nSPS) is 10.7. The molecule has 0 saturated carbocycles. The van der Waals surface area contributed by atoms with Crippen LogP contribution >= 0.6 is 0 Å². The van der Waals surface area contributed by atoms with E-state index in [1.54, 1.807) is 6.07 Å². The summed E-state index contributed by atoms with van der Waals surface area (Å²) in [6, 6.07) is 4.07. The number of phenols is 1. The van der Waals surface area contributed by atoms with Gasteiger partial charge in [-0.25, -0.2) is 4.39 Å². The van der Waals surface area contributed by atoms with Crippen molar-refractivity contribution in [2.75, 3.05) is 13.2 Å². The second kappa shape index (κ2) is 8.03. The smallest absolute Gasteiger partial charge is 0.127 e. The van der Waals surface area contributed by atoms with Crippen molar-refractivity contribution >= 4 is 0 Å². The first-order valence-corrected chi connectivity index (χ1v) is 6.02. The Morgan fingerprint density at radius 1 is 1.06 bits per heavy atom. The molecule has 1 aromatic carbocycles. The van der Waals surface area contributed by atoms with Crippen LogP contribution in [-0.4, -0.2) is 23.4 Å². The zero-order valence-electron chi connectivity index (χ0n) is 9.95. The van der Waals surface area contributed by atoms with E-state index in [1.807, 2.05) is 0 Å². The molecule has 0 fully saturated rings. The molecule has 0 aliphatic rings. The number of benzene rings is 1. The summed E-state index contributed by atoms with van der Waals surface area (Å²) in [4.78, 5) is 0. The van der Waals surface area contributed by atoms with Gasteiger partial charge >= 0.3 is 0 Å². The Balaban J connectivity index is 2.13. The van der Waals surface area contributed by atoms with E-state index in [-0.39, 0.29) is 12.4 Å². The molecular formula is C13H20FNO2. The molecule has 0 bridgehead atoms. The first-order valence-electron chi connectivity index (χ1n) is 6.02. The largest absolute Gasteiger partial charge is 0.508 e.